The van der Waals surface area contributed by atoms with Crippen LogP contribution in [-0.4, -0.2) is 9.13 Å². The standard InChI is InChI=1S/C62H40N2/c1-5-31-59-53(25-1)54-26-2-6-32-60(54)63(59)49-23-11-17-43(38-49)41-15-9-19-45(35-41)51-29-13-21-47-37-48-22-14-30-52(58(48)40-57(47)51)46-20-10-16-42(36-46)44-18-12-24-50(39-44)64-61-33-7-3-27-55(61)56-28-4-8-34-62(56)64/h1-40H. The maximum atomic E-state index is 2.42. The fourth-order valence-corrected chi connectivity index (χ4v) is 10.3. The molecule has 2 heteroatoms. The van der Waals surface area contributed by atoms with E-state index in [1.54, 1.807) is 0 Å². The lowest BCUT2D eigenvalue weighted by molar-refractivity contribution is 1.18. The van der Waals surface area contributed by atoms with Crippen molar-refractivity contribution in [2.45, 2.75) is 0 Å². The van der Waals surface area contributed by atoms with Crippen LogP contribution in [0.15, 0.2) is 243 Å². The van der Waals surface area contributed by atoms with Crippen LogP contribution in [-0.2, 0) is 0 Å². The molecule has 0 unspecified atom stereocenters. The molecule has 0 aliphatic carbocycles. The van der Waals surface area contributed by atoms with Crippen molar-refractivity contribution < 1.29 is 0 Å². The molecule has 0 saturated carbocycles. The molecule has 0 fully saturated rings. The topological polar surface area (TPSA) is 9.86 Å². The van der Waals surface area contributed by atoms with Gasteiger partial charge in [-0.25, -0.2) is 0 Å². The largest absolute Gasteiger partial charge is 0.309 e. The second-order valence-corrected chi connectivity index (χ2v) is 16.9. The molecular formula is C62H40N2. The van der Waals surface area contributed by atoms with Gasteiger partial charge in [0.25, 0.3) is 0 Å². The van der Waals surface area contributed by atoms with Gasteiger partial charge in [0.2, 0.25) is 0 Å². The monoisotopic (exact) mass is 812 g/mol. The van der Waals surface area contributed by atoms with Crippen LogP contribution >= 0.6 is 0 Å². The molecule has 2 nitrogen and oxygen atoms in total. The van der Waals surface area contributed by atoms with Crippen LogP contribution in [0.5, 0.6) is 0 Å². The maximum absolute atomic E-state index is 2.42. The molecule has 0 saturated heterocycles. The molecule has 2 heterocycles. The van der Waals surface area contributed by atoms with E-state index in [0.29, 0.717) is 0 Å². The Morgan fingerprint density at radius 3 is 0.938 bits per heavy atom. The van der Waals surface area contributed by atoms with Crippen LogP contribution in [0.4, 0.5) is 0 Å². The Labute approximate surface area is 371 Å². The molecule has 0 bridgehead atoms. The van der Waals surface area contributed by atoms with Crippen molar-refractivity contribution in [1.82, 2.24) is 9.13 Å². The van der Waals surface area contributed by atoms with Gasteiger partial charge in [-0.2, -0.15) is 0 Å². The van der Waals surface area contributed by atoms with Crippen LogP contribution < -0.4 is 0 Å². The average molecular weight is 813 g/mol. The van der Waals surface area contributed by atoms with Crippen molar-refractivity contribution in [2.75, 3.05) is 0 Å². The van der Waals surface area contributed by atoms with Crippen LogP contribution in [0.3, 0.4) is 0 Å². The number of aromatic nitrogens is 2. The van der Waals surface area contributed by atoms with Crippen LogP contribution in [0.1, 0.15) is 0 Å². The Kier molecular flexibility index (Phi) is 8.25. The number of para-hydroxylation sites is 4. The number of fused-ring (bicyclic) bond motifs is 8. The maximum Gasteiger partial charge on any atom is 0.0541 e. The summed E-state index contributed by atoms with van der Waals surface area (Å²) in [7, 11) is 0. The summed E-state index contributed by atoms with van der Waals surface area (Å²) in [5.74, 6) is 0. The zero-order chi connectivity index (χ0) is 42.1. The zero-order valence-corrected chi connectivity index (χ0v) is 35.0. The van der Waals surface area contributed by atoms with Gasteiger partial charge < -0.3 is 9.13 Å². The summed E-state index contributed by atoms with van der Waals surface area (Å²) >= 11 is 0. The molecule has 2 aromatic heterocycles. The lowest BCUT2D eigenvalue weighted by Crippen LogP contribution is -1.94. The van der Waals surface area contributed by atoms with Crippen LogP contribution in [0.25, 0.3) is 121 Å². The summed E-state index contributed by atoms with van der Waals surface area (Å²) in [6, 6.07) is 89.0. The van der Waals surface area contributed by atoms with Gasteiger partial charge in [0.05, 0.1) is 22.1 Å². The van der Waals surface area contributed by atoms with E-state index < -0.39 is 0 Å². The summed E-state index contributed by atoms with van der Waals surface area (Å²) in [5.41, 5.74) is 16.8. The average Bonchev–Trinajstić information content (AvgIpc) is 3.89. The van der Waals surface area contributed by atoms with Gasteiger partial charge in [0.1, 0.15) is 0 Å². The van der Waals surface area contributed by atoms with Crippen molar-refractivity contribution in [2.24, 2.45) is 0 Å². The molecule has 13 aromatic rings. The molecule has 0 amide bonds. The van der Waals surface area contributed by atoms with Gasteiger partial charge in [-0.3, -0.25) is 0 Å². The summed E-state index contributed by atoms with van der Waals surface area (Å²) in [6.07, 6.45) is 0. The van der Waals surface area contributed by atoms with Gasteiger partial charge >= 0.3 is 0 Å². The predicted molar refractivity (Wildman–Crippen MR) is 272 cm³/mol. The van der Waals surface area contributed by atoms with Crippen LogP contribution in [0, 0.1) is 0 Å². The molecule has 298 valence electrons. The van der Waals surface area contributed by atoms with E-state index in [1.807, 2.05) is 0 Å². The highest BCUT2D eigenvalue weighted by atomic mass is 15.0. The third kappa shape index (κ3) is 5.81. The molecule has 0 N–H and O–H groups in total. The second kappa shape index (κ2) is 14.6. The van der Waals surface area contributed by atoms with E-state index >= 15 is 0 Å². The van der Waals surface area contributed by atoms with Crippen molar-refractivity contribution in [3.05, 3.63) is 243 Å². The minimum Gasteiger partial charge on any atom is -0.309 e. The molecule has 0 spiro atoms. The Bertz CT molecular complexity index is 3610. The Balaban J connectivity index is 0.889. The molecular weight excluding hydrogens is 773 g/mol. The van der Waals surface area contributed by atoms with Crippen molar-refractivity contribution in [3.8, 4) is 55.9 Å². The molecule has 64 heavy (non-hydrogen) atoms. The smallest absolute Gasteiger partial charge is 0.0541 e. The van der Waals surface area contributed by atoms with E-state index in [9.17, 15) is 0 Å². The molecule has 13 rings (SSSR count). The highest BCUT2D eigenvalue weighted by molar-refractivity contribution is 6.11. The van der Waals surface area contributed by atoms with E-state index in [2.05, 4.69) is 252 Å². The second-order valence-electron chi connectivity index (χ2n) is 16.9. The summed E-state index contributed by atoms with van der Waals surface area (Å²) in [6.45, 7) is 0. The lowest BCUT2D eigenvalue weighted by Gasteiger charge is -2.14. The molecule has 0 radical (unpaired) electrons. The van der Waals surface area contributed by atoms with Crippen molar-refractivity contribution in [3.63, 3.8) is 0 Å². The van der Waals surface area contributed by atoms with Gasteiger partial charge in [-0.15, -0.1) is 0 Å². The number of hydrogen-bond donors (Lipinski definition) is 0. The molecule has 11 aromatic carbocycles. The Morgan fingerprint density at radius 1 is 0.203 bits per heavy atom. The SMILES string of the molecule is c1cc(-c2cccc(-n3c4ccccc4c4ccccc43)c2)cc(-c2cccc3cc4cccc(-c5cccc(-c6cccc(-n7c8ccccc8c8ccccc87)c6)c5)c4cc23)c1. The first-order valence-corrected chi connectivity index (χ1v) is 22.1. The first-order valence-electron chi connectivity index (χ1n) is 22.1. The first kappa shape index (κ1) is 36.2. The van der Waals surface area contributed by atoms with E-state index in [1.165, 1.54) is 110 Å². The Hall–Kier alpha value is -8.46. The first-order chi connectivity index (χ1) is 31.7. The van der Waals surface area contributed by atoms with E-state index in [4.69, 9.17) is 0 Å². The normalized spacial score (nSPS) is 11.8. The van der Waals surface area contributed by atoms with Crippen molar-refractivity contribution in [1.29, 1.82) is 0 Å². The molecule has 0 atom stereocenters. The highest BCUT2D eigenvalue weighted by Crippen LogP contribution is 2.40. The summed E-state index contributed by atoms with van der Waals surface area (Å²) in [4.78, 5) is 0. The number of nitrogens with zero attached hydrogens (tertiary/aromatic N) is 2. The minimum absolute atomic E-state index is 1.16. The highest BCUT2D eigenvalue weighted by Gasteiger charge is 2.16. The van der Waals surface area contributed by atoms with E-state index in [-0.39, 0.29) is 0 Å². The van der Waals surface area contributed by atoms with Gasteiger partial charge in [-0.1, -0.05) is 170 Å². The minimum atomic E-state index is 1.16. The summed E-state index contributed by atoms with van der Waals surface area (Å²) in [5, 5.41) is 10.0. The van der Waals surface area contributed by atoms with Gasteiger partial charge in [-0.05, 0) is 139 Å². The zero-order valence-electron chi connectivity index (χ0n) is 35.0. The van der Waals surface area contributed by atoms with E-state index in [0.717, 1.165) is 11.4 Å². The molecule has 0 aliphatic rings. The van der Waals surface area contributed by atoms with Crippen molar-refractivity contribution >= 4 is 65.2 Å². The fourth-order valence-electron chi connectivity index (χ4n) is 10.3. The fraction of sp³-hybridized carbons (Fsp3) is 0. The third-order valence-electron chi connectivity index (χ3n) is 13.3. The van der Waals surface area contributed by atoms with Gasteiger partial charge in [0.15, 0.2) is 0 Å². The van der Waals surface area contributed by atoms with Gasteiger partial charge in [0, 0.05) is 32.9 Å². The number of benzene rings is 11. The molecule has 0 aliphatic heterocycles. The summed E-state index contributed by atoms with van der Waals surface area (Å²) < 4.78 is 4.79. The third-order valence-corrected chi connectivity index (χ3v) is 13.3. The quantitative estimate of drug-likeness (QED) is 0.148. The van der Waals surface area contributed by atoms with Crippen LogP contribution in [0.2, 0.25) is 0 Å². The number of rotatable bonds is 6. The lowest BCUT2D eigenvalue weighted by atomic mass is 9.90. The number of hydrogen-bond acceptors (Lipinski definition) is 0. The predicted octanol–water partition coefficient (Wildman–Crippen LogP) is 16.9. The Morgan fingerprint density at radius 2 is 0.531 bits per heavy atom.